The molecular formula is C12H15FN2O. The minimum Gasteiger partial charge on any atom is -0.389 e. The highest BCUT2D eigenvalue weighted by atomic mass is 19.1. The fourth-order valence-corrected chi connectivity index (χ4v) is 1.43. The summed E-state index contributed by atoms with van der Waals surface area (Å²) in [6.07, 6.45) is -0.318. The van der Waals surface area contributed by atoms with Gasteiger partial charge in [-0.2, -0.15) is 5.26 Å². The second-order valence-corrected chi connectivity index (χ2v) is 3.72. The van der Waals surface area contributed by atoms with Crippen LogP contribution in [0.3, 0.4) is 0 Å². The summed E-state index contributed by atoms with van der Waals surface area (Å²) < 4.78 is 13.7. The van der Waals surface area contributed by atoms with E-state index in [4.69, 9.17) is 5.26 Å². The van der Waals surface area contributed by atoms with E-state index >= 15 is 0 Å². The quantitative estimate of drug-likeness (QED) is 0.849. The number of hydrogen-bond acceptors (Lipinski definition) is 3. The second-order valence-electron chi connectivity index (χ2n) is 3.72. The molecule has 4 heteroatoms. The molecule has 3 nitrogen and oxygen atoms in total. The van der Waals surface area contributed by atoms with E-state index in [1.165, 1.54) is 6.07 Å². The predicted molar refractivity (Wildman–Crippen MR) is 60.5 cm³/mol. The lowest BCUT2D eigenvalue weighted by Gasteiger charge is -2.19. The van der Waals surface area contributed by atoms with Crippen molar-refractivity contribution >= 4 is 5.69 Å². The third-order valence-corrected chi connectivity index (χ3v) is 2.42. The van der Waals surface area contributed by atoms with Crippen molar-refractivity contribution in [3.63, 3.8) is 0 Å². The van der Waals surface area contributed by atoms with Crippen LogP contribution in [0.1, 0.15) is 25.0 Å². The monoisotopic (exact) mass is 222 g/mol. The molecule has 1 N–H and O–H groups in total. The van der Waals surface area contributed by atoms with Crippen LogP contribution in [0.2, 0.25) is 0 Å². The lowest BCUT2D eigenvalue weighted by atomic mass is 10.1. The van der Waals surface area contributed by atoms with Gasteiger partial charge in [-0.15, -0.1) is 0 Å². The minimum atomic E-state index is -0.673. The molecule has 86 valence electrons. The summed E-state index contributed by atoms with van der Waals surface area (Å²) >= 11 is 0. The van der Waals surface area contributed by atoms with Gasteiger partial charge in [0.25, 0.3) is 0 Å². The van der Waals surface area contributed by atoms with E-state index in [0.29, 0.717) is 24.2 Å². The van der Waals surface area contributed by atoms with Crippen LogP contribution in [0.25, 0.3) is 0 Å². The number of aliphatic hydroxyl groups is 1. The van der Waals surface area contributed by atoms with Gasteiger partial charge in [0.1, 0.15) is 5.82 Å². The van der Waals surface area contributed by atoms with Gasteiger partial charge >= 0.3 is 0 Å². The molecule has 0 radical (unpaired) electrons. The fraction of sp³-hybridized carbons (Fsp3) is 0.417. The molecule has 0 aliphatic rings. The molecule has 0 aliphatic heterocycles. The maximum absolute atomic E-state index is 13.7. The Labute approximate surface area is 94.7 Å². The number of anilines is 1. The first-order chi connectivity index (χ1) is 7.56. The SMILES string of the molecule is CC(O)c1ccc(N(C)CCC#N)c(F)c1. The van der Waals surface area contributed by atoms with E-state index in [2.05, 4.69) is 0 Å². The molecular weight excluding hydrogens is 207 g/mol. The summed E-state index contributed by atoms with van der Waals surface area (Å²) in [6, 6.07) is 6.64. The van der Waals surface area contributed by atoms with Gasteiger partial charge in [0, 0.05) is 13.6 Å². The van der Waals surface area contributed by atoms with E-state index in [1.54, 1.807) is 31.0 Å². The second kappa shape index (κ2) is 5.47. The Balaban J connectivity index is 2.86. The third kappa shape index (κ3) is 2.94. The van der Waals surface area contributed by atoms with Crippen molar-refractivity contribution in [2.75, 3.05) is 18.5 Å². The van der Waals surface area contributed by atoms with Gasteiger partial charge in [-0.1, -0.05) is 6.07 Å². The van der Waals surface area contributed by atoms with Gasteiger partial charge in [0.05, 0.1) is 24.3 Å². The molecule has 0 fully saturated rings. The summed E-state index contributed by atoms with van der Waals surface area (Å²) in [5.41, 5.74) is 0.995. The Hall–Kier alpha value is -1.60. The minimum absolute atomic E-state index is 0.355. The summed E-state index contributed by atoms with van der Waals surface area (Å²) in [6.45, 7) is 2.08. The van der Waals surface area contributed by atoms with Crippen LogP contribution >= 0.6 is 0 Å². The van der Waals surface area contributed by atoms with Crippen LogP contribution in [0.15, 0.2) is 18.2 Å². The van der Waals surface area contributed by atoms with Gasteiger partial charge in [-0.3, -0.25) is 0 Å². The van der Waals surface area contributed by atoms with Crippen molar-refractivity contribution in [2.24, 2.45) is 0 Å². The first kappa shape index (κ1) is 12.5. The van der Waals surface area contributed by atoms with Crippen LogP contribution in [0.4, 0.5) is 10.1 Å². The van der Waals surface area contributed by atoms with Crippen molar-refractivity contribution in [3.8, 4) is 6.07 Å². The molecule has 0 spiro atoms. The number of nitriles is 1. The van der Waals surface area contributed by atoms with Gasteiger partial charge in [-0.25, -0.2) is 4.39 Å². The molecule has 16 heavy (non-hydrogen) atoms. The molecule has 0 heterocycles. The Bertz CT molecular complexity index is 398. The zero-order valence-electron chi connectivity index (χ0n) is 9.44. The Morgan fingerprint density at radius 3 is 2.75 bits per heavy atom. The van der Waals surface area contributed by atoms with Crippen molar-refractivity contribution in [1.82, 2.24) is 0 Å². The van der Waals surface area contributed by atoms with Crippen LogP contribution in [0.5, 0.6) is 0 Å². The average molecular weight is 222 g/mol. The van der Waals surface area contributed by atoms with Crippen LogP contribution in [0, 0.1) is 17.1 Å². The molecule has 1 unspecified atom stereocenters. The third-order valence-electron chi connectivity index (χ3n) is 2.42. The first-order valence-corrected chi connectivity index (χ1v) is 5.12. The van der Waals surface area contributed by atoms with Gasteiger partial charge in [-0.05, 0) is 24.6 Å². The molecule has 1 atom stereocenters. The fourth-order valence-electron chi connectivity index (χ4n) is 1.43. The van der Waals surface area contributed by atoms with E-state index in [-0.39, 0.29) is 5.82 Å². The largest absolute Gasteiger partial charge is 0.389 e. The number of hydrogen-bond donors (Lipinski definition) is 1. The molecule has 0 saturated heterocycles. The van der Waals surface area contributed by atoms with Crippen molar-refractivity contribution < 1.29 is 9.50 Å². The van der Waals surface area contributed by atoms with Crippen molar-refractivity contribution in [1.29, 1.82) is 5.26 Å². The Morgan fingerprint density at radius 2 is 2.25 bits per heavy atom. The maximum Gasteiger partial charge on any atom is 0.146 e. The lowest BCUT2D eigenvalue weighted by molar-refractivity contribution is 0.199. The maximum atomic E-state index is 13.7. The molecule has 0 aromatic heterocycles. The number of nitrogens with zero attached hydrogens (tertiary/aromatic N) is 2. The molecule has 0 bridgehead atoms. The predicted octanol–water partition coefficient (Wildman–Crippen LogP) is 2.23. The number of aliphatic hydroxyl groups excluding tert-OH is 1. The first-order valence-electron chi connectivity index (χ1n) is 5.12. The van der Waals surface area contributed by atoms with E-state index in [1.807, 2.05) is 6.07 Å². The number of rotatable bonds is 4. The summed E-state index contributed by atoms with van der Waals surface area (Å²) in [5.74, 6) is -0.376. The van der Waals surface area contributed by atoms with E-state index < -0.39 is 6.10 Å². The molecule has 0 amide bonds. The molecule has 1 aromatic carbocycles. The Morgan fingerprint density at radius 1 is 1.56 bits per heavy atom. The zero-order chi connectivity index (χ0) is 12.1. The van der Waals surface area contributed by atoms with Crippen molar-refractivity contribution in [2.45, 2.75) is 19.4 Å². The van der Waals surface area contributed by atoms with E-state index in [9.17, 15) is 9.50 Å². The zero-order valence-corrected chi connectivity index (χ0v) is 9.44. The standard InChI is InChI=1S/C12H15FN2O/c1-9(16)10-4-5-12(11(13)8-10)15(2)7-3-6-14/h4-5,8-9,16H,3,7H2,1-2H3. The molecule has 0 aliphatic carbocycles. The van der Waals surface area contributed by atoms with Gasteiger partial charge < -0.3 is 10.0 Å². The summed E-state index contributed by atoms with van der Waals surface area (Å²) in [5, 5.41) is 17.7. The smallest absolute Gasteiger partial charge is 0.146 e. The number of halogens is 1. The highest BCUT2D eigenvalue weighted by Gasteiger charge is 2.10. The van der Waals surface area contributed by atoms with Crippen molar-refractivity contribution in [3.05, 3.63) is 29.6 Å². The molecule has 0 saturated carbocycles. The van der Waals surface area contributed by atoms with Crippen LogP contribution in [-0.4, -0.2) is 18.7 Å². The topological polar surface area (TPSA) is 47.3 Å². The highest BCUT2D eigenvalue weighted by Crippen LogP contribution is 2.22. The van der Waals surface area contributed by atoms with Crippen LogP contribution in [-0.2, 0) is 0 Å². The van der Waals surface area contributed by atoms with Gasteiger partial charge in [0.2, 0.25) is 0 Å². The summed E-state index contributed by atoms with van der Waals surface area (Å²) in [4.78, 5) is 1.68. The van der Waals surface area contributed by atoms with Gasteiger partial charge in [0.15, 0.2) is 0 Å². The summed E-state index contributed by atoms with van der Waals surface area (Å²) in [7, 11) is 1.73. The van der Waals surface area contributed by atoms with E-state index in [0.717, 1.165) is 0 Å². The Kier molecular flexibility index (Phi) is 4.27. The highest BCUT2D eigenvalue weighted by molar-refractivity contribution is 5.48. The normalized spacial score (nSPS) is 11.9. The number of benzene rings is 1. The lowest BCUT2D eigenvalue weighted by Crippen LogP contribution is -2.19. The van der Waals surface area contributed by atoms with Crippen LogP contribution < -0.4 is 4.90 Å². The molecule has 1 aromatic rings. The average Bonchev–Trinajstić information content (AvgIpc) is 2.25. The molecule has 1 rings (SSSR count).